The van der Waals surface area contributed by atoms with Crippen molar-refractivity contribution in [2.24, 2.45) is 0 Å². The van der Waals surface area contributed by atoms with E-state index in [-0.39, 0.29) is 11.6 Å². The molecule has 3 N–H and O–H groups in total. The maximum absolute atomic E-state index is 12.7. The summed E-state index contributed by atoms with van der Waals surface area (Å²) in [6.07, 6.45) is -1.05. The first-order valence-electron chi connectivity index (χ1n) is 6.65. The van der Waals surface area contributed by atoms with E-state index < -0.39 is 11.7 Å². The second kappa shape index (κ2) is 5.87. The number of piperidine rings is 1. The lowest BCUT2D eigenvalue weighted by Crippen LogP contribution is -2.40. The molecular weight excluding hydrogens is 269 g/mol. The van der Waals surface area contributed by atoms with E-state index in [4.69, 9.17) is 5.73 Å². The zero-order chi connectivity index (χ0) is 14.8. The maximum atomic E-state index is 12.7. The number of nitrogens with two attached hydrogens (primary N) is 1. The number of hydrogen-bond donors (Lipinski definition) is 2. The van der Waals surface area contributed by atoms with Gasteiger partial charge in [0.25, 0.3) is 0 Å². The molecule has 0 aromatic carbocycles. The Morgan fingerprint density at radius 2 is 2.15 bits per heavy atom. The predicted molar refractivity (Wildman–Crippen MR) is 72.4 cm³/mol. The average molecular weight is 288 g/mol. The summed E-state index contributed by atoms with van der Waals surface area (Å²) >= 11 is 0. The van der Waals surface area contributed by atoms with E-state index in [1.807, 2.05) is 7.05 Å². The van der Waals surface area contributed by atoms with E-state index in [1.165, 1.54) is 6.42 Å². The summed E-state index contributed by atoms with van der Waals surface area (Å²) in [5.41, 5.74) is 4.66. The molecule has 1 aromatic heterocycles. The monoisotopic (exact) mass is 288 g/mol. The lowest BCUT2D eigenvalue weighted by molar-refractivity contribution is -0.137. The molecule has 2 rings (SSSR count). The SMILES string of the molecule is CN1CCCCC1CNc1cc(C(F)(F)F)cc(N)n1. The third kappa shape index (κ3) is 3.75. The second-order valence-electron chi connectivity index (χ2n) is 5.17. The molecular formula is C13H19F3N4. The van der Waals surface area contributed by atoms with Crippen LogP contribution in [0, 0.1) is 0 Å². The number of hydrogen-bond acceptors (Lipinski definition) is 4. The molecule has 1 aliphatic rings. The standard InChI is InChI=1S/C13H19F3N4/c1-20-5-3-2-4-10(20)8-18-12-7-9(13(14,15)16)6-11(17)19-12/h6-7,10H,2-5,8H2,1H3,(H3,17,18,19). The molecule has 0 bridgehead atoms. The minimum Gasteiger partial charge on any atom is -0.384 e. The molecule has 0 amide bonds. The highest BCUT2D eigenvalue weighted by Gasteiger charge is 2.31. The van der Waals surface area contributed by atoms with Gasteiger partial charge in [-0.2, -0.15) is 13.2 Å². The van der Waals surface area contributed by atoms with Crippen molar-refractivity contribution in [3.63, 3.8) is 0 Å². The van der Waals surface area contributed by atoms with Gasteiger partial charge in [0, 0.05) is 12.6 Å². The molecule has 2 heterocycles. The molecule has 0 saturated carbocycles. The molecule has 1 unspecified atom stereocenters. The largest absolute Gasteiger partial charge is 0.416 e. The lowest BCUT2D eigenvalue weighted by Gasteiger charge is -2.32. The van der Waals surface area contributed by atoms with Crippen LogP contribution in [0.1, 0.15) is 24.8 Å². The smallest absolute Gasteiger partial charge is 0.384 e. The van der Waals surface area contributed by atoms with Crippen molar-refractivity contribution in [3.8, 4) is 0 Å². The molecule has 7 heteroatoms. The number of halogens is 3. The van der Waals surface area contributed by atoms with Gasteiger partial charge in [0.1, 0.15) is 11.6 Å². The number of rotatable bonds is 3. The molecule has 1 fully saturated rings. The summed E-state index contributed by atoms with van der Waals surface area (Å²) in [5, 5.41) is 2.97. The fourth-order valence-corrected chi connectivity index (χ4v) is 2.43. The number of likely N-dealkylation sites (N-methyl/N-ethyl adjacent to an activating group) is 1. The second-order valence-corrected chi connectivity index (χ2v) is 5.17. The lowest BCUT2D eigenvalue weighted by atomic mass is 10.0. The first kappa shape index (κ1) is 14.9. The van der Waals surface area contributed by atoms with Crippen LogP contribution in [0.15, 0.2) is 12.1 Å². The minimum absolute atomic E-state index is 0.126. The molecule has 1 saturated heterocycles. The summed E-state index contributed by atoms with van der Waals surface area (Å²) in [4.78, 5) is 6.12. The summed E-state index contributed by atoms with van der Waals surface area (Å²) in [6.45, 7) is 1.59. The number of nitrogens with one attached hydrogen (secondary N) is 1. The first-order chi connectivity index (χ1) is 9.36. The summed E-state index contributed by atoms with van der Waals surface area (Å²) in [7, 11) is 2.03. The van der Waals surface area contributed by atoms with E-state index in [9.17, 15) is 13.2 Å². The highest BCUT2D eigenvalue weighted by molar-refractivity contribution is 5.47. The predicted octanol–water partition coefficient (Wildman–Crippen LogP) is 2.58. The van der Waals surface area contributed by atoms with Gasteiger partial charge in [-0.1, -0.05) is 6.42 Å². The zero-order valence-corrected chi connectivity index (χ0v) is 11.4. The summed E-state index contributed by atoms with van der Waals surface area (Å²) < 4.78 is 38.1. The quantitative estimate of drug-likeness (QED) is 0.897. The van der Waals surface area contributed by atoms with Gasteiger partial charge in [-0.05, 0) is 38.6 Å². The van der Waals surface area contributed by atoms with Crippen LogP contribution in [-0.2, 0) is 6.18 Å². The Hall–Kier alpha value is -1.50. The molecule has 0 spiro atoms. The molecule has 1 aliphatic heterocycles. The van der Waals surface area contributed by atoms with Crippen LogP contribution in [-0.4, -0.2) is 36.1 Å². The van der Waals surface area contributed by atoms with Crippen LogP contribution in [0.5, 0.6) is 0 Å². The number of anilines is 2. The average Bonchev–Trinajstić information content (AvgIpc) is 2.36. The molecule has 0 aliphatic carbocycles. The Balaban J connectivity index is 2.04. The number of likely N-dealkylation sites (tertiary alicyclic amines) is 1. The van der Waals surface area contributed by atoms with Crippen LogP contribution >= 0.6 is 0 Å². The molecule has 1 atom stereocenters. The fraction of sp³-hybridized carbons (Fsp3) is 0.615. The van der Waals surface area contributed by atoms with Crippen molar-refractivity contribution < 1.29 is 13.2 Å². The van der Waals surface area contributed by atoms with Crippen LogP contribution in [0.4, 0.5) is 24.8 Å². The van der Waals surface area contributed by atoms with E-state index in [1.54, 1.807) is 0 Å². The molecule has 0 radical (unpaired) electrons. The van der Waals surface area contributed by atoms with Crippen molar-refractivity contribution in [1.82, 2.24) is 9.88 Å². The normalized spacial score (nSPS) is 20.9. The number of pyridine rings is 1. The highest BCUT2D eigenvalue weighted by atomic mass is 19.4. The van der Waals surface area contributed by atoms with E-state index in [0.29, 0.717) is 12.6 Å². The number of nitrogens with zero attached hydrogens (tertiary/aromatic N) is 2. The third-order valence-electron chi connectivity index (χ3n) is 3.61. The summed E-state index contributed by atoms with van der Waals surface area (Å²) in [5.74, 6) is 0.0515. The Kier molecular flexibility index (Phi) is 4.37. The highest BCUT2D eigenvalue weighted by Crippen LogP contribution is 2.31. The van der Waals surface area contributed by atoms with Gasteiger partial charge >= 0.3 is 6.18 Å². The minimum atomic E-state index is -4.41. The number of aromatic nitrogens is 1. The Morgan fingerprint density at radius 3 is 2.80 bits per heavy atom. The fourth-order valence-electron chi connectivity index (χ4n) is 2.43. The van der Waals surface area contributed by atoms with Crippen molar-refractivity contribution >= 4 is 11.6 Å². The van der Waals surface area contributed by atoms with Gasteiger partial charge in [-0.3, -0.25) is 0 Å². The molecule has 112 valence electrons. The number of alkyl halides is 3. The third-order valence-corrected chi connectivity index (χ3v) is 3.61. The molecule has 4 nitrogen and oxygen atoms in total. The van der Waals surface area contributed by atoms with Crippen LogP contribution in [0.2, 0.25) is 0 Å². The van der Waals surface area contributed by atoms with Crippen molar-refractivity contribution in [2.45, 2.75) is 31.5 Å². The zero-order valence-electron chi connectivity index (χ0n) is 11.4. The number of nitrogen functional groups attached to an aromatic ring is 1. The van der Waals surface area contributed by atoms with Gasteiger partial charge in [0.15, 0.2) is 0 Å². The van der Waals surface area contributed by atoms with Gasteiger partial charge < -0.3 is 16.0 Å². The maximum Gasteiger partial charge on any atom is 0.416 e. The van der Waals surface area contributed by atoms with Crippen molar-refractivity contribution in [3.05, 3.63) is 17.7 Å². The van der Waals surface area contributed by atoms with Gasteiger partial charge in [0.2, 0.25) is 0 Å². The van der Waals surface area contributed by atoms with Crippen LogP contribution in [0.3, 0.4) is 0 Å². The summed E-state index contributed by atoms with van der Waals surface area (Å²) in [6, 6.07) is 2.17. The van der Waals surface area contributed by atoms with E-state index >= 15 is 0 Å². The van der Waals surface area contributed by atoms with Gasteiger partial charge in [-0.15, -0.1) is 0 Å². The Bertz CT molecular complexity index is 461. The van der Waals surface area contributed by atoms with E-state index in [2.05, 4.69) is 15.2 Å². The Labute approximate surface area is 116 Å². The topological polar surface area (TPSA) is 54.2 Å². The van der Waals surface area contributed by atoms with Crippen LogP contribution < -0.4 is 11.1 Å². The van der Waals surface area contributed by atoms with E-state index in [0.717, 1.165) is 31.5 Å². The van der Waals surface area contributed by atoms with Gasteiger partial charge in [0.05, 0.1) is 5.56 Å². The first-order valence-corrected chi connectivity index (χ1v) is 6.65. The van der Waals surface area contributed by atoms with Crippen molar-refractivity contribution in [1.29, 1.82) is 0 Å². The molecule has 20 heavy (non-hydrogen) atoms. The Morgan fingerprint density at radius 1 is 1.40 bits per heavy atom. The van der Waals surface area contributed by atoms with Crippen molar-refractivity contribution in [2.75, 3.05) is 31.2 Å². The van der Waals surface area contributed by atoms with Gasteiger partial charge in [-0.25, -0.2) is 4.98 Å². The van der Waals surface area contributed by atoms with Crippen LogP contribution in [0.25, 0.3) is 0 Å². The molecule has 1 aromatic rings.